The van der Waals surface area contributed by atoms with Gasteiger partial charge in [0, 0.05) is 43.0 Å². The Bertz CT molecular complexity index is 1200. The lowest BCUT2D eigenvalue weighted by Crippen LogP contribution is -2.29. The fraction of sp³-hybridized carbons (Fsp3) is 0.227. The molecule has 0 fully saturated rings. The molecule has 0 bridgehead atoms. The standard InChI is InChI=1S/C22H21N5O2/c1-2-8-23-14-17-11-16-7-6-15(10-18(16)25-17)13-24-22(29)19-12-21(28)27-9-4-3-5-20(27)26-19/h1,4,6-7,9-12,23,25H,3,5,8,13-14H2,(H,24,29). The van der Waals surface area contributed by atoms with Gasteiger partial charge in [-0.1, -0.05) is 24.1 Å². The van der Waals surface area contributed by atoms with Gasteiger partial charge < -0.3 is 15.6 Å². The van der Waals surface area contributed by atoms with Crippen LogP contribution in [0, 0.1) is 12.3 Å². The Balaban J connectivity index is 1.44. The van der Waals surface area contributed by atoms with E-state index in [4.69, 9.17) is 6.42 Å². The molecule has 0 aliphatic carbocycles. The zero-order valence-corrected chi connectivity index (χ0v) is 15.9. The molecular weight excluding hydrogens is 366 g/mol. The van der Waals surface area contributed by atoms with Crippen LogP contribution in [-0.4, -0.2) is 27.0 Å². The van der Waals surface area contributed by atoms with Gasteiger partial charge in [0.05, 0.1) is 6.54 Å². The molecule has 1 aliphatic rings. The van der Waals surface area contributed by atoms with E-state index in [0.29, 0.717) is 31.9 Å². The molecular formula is C22H21N5O2. The number of terminal acetylenes is 1. The molecule has 3 heterocycles. The minimum absolute atomic E-state index is 0.152. The Kier molecular flexibility index (Phi) is 5.27. The number of benzene rings is 1. The maximum atomic E-state index is 12.5. The summed E-state index contributed by atoms with van der Waals surface area (Å²) in [7, 11) is 0. The second-order valence-corrected chi connectivity index (χ2v) is 6.90. The second-order valence-electron chi connectivity index (χ2n) is 6.90. The Morgan fingerprint density at radius 2 is 2.17 bits per heavy atom. The smallest absolute Gasteiger partial charge is 0.270 e. The number of aromatic nitrogens is 3. The number of rotatable bonds is 6. The van der Waals surface area contributed by atoms with Crippen LogP contribution in [0.3, 0.4) is 0 Å². The Morgan fingerprint density at radius 3 is 3.03 bits per heavy atom. The van der Waals surface area contributed by atoms with E-state index in [0.717, 1.165) is 28.6 Å². The van der Waals surface area contributed by atoms with Gasteiger partial charge in [-0.15, -0.1) is 6.42 Å². The summed E-state index contributed by atoms with van der Waals surface area (Å²) >= 11 is 0. The number of hydrogen-bond acceptors (Lipinski definition) is 4. The van der Waals surface area contributed by atoms with Crippen molar-refractivity contribution >= 4 is 23.0 Å². The minimum Gasteiger partial charge on any atom is -0.357 e. The molecule has 3 aromatic rings. The molecule has 0 unspecified atom stereocenters. The Labute approximate surface area is 167 Å². The molecule has 7 nitrogen and oxygen atoms in total. The molecule has 0 spiro atoms. The molecule has 0 saturated carbocycles. The molecule has 29 heavy (non-hydrogen) atoms. The molecule has 7 heteroatoms. The van der Waals surface area contributed by atoms with Gasteiger partial charge in [-0.25, -0.2) is 4.98 Å². The first-order valence-corrected chi connectivity index (χ1v) is 9.46. The SMILES string of the molecule is C#CCNCc1cc2ccc(CNC(=O)c3cc(=O)n4c(n3)CCC=C4)cc2[nH]1. The number of nitrogens with zero attached hydrogens (tertiary/aromatic N) is 2. The van der Waals surface area contributed by atoms with E-state index in [-0.39, 0.29) is 17.2 Å². The number of carbonyl (C=O) groups excluding carboxylic acids is 1. The number of nitrogens with one attached hydrogen (secondary N) is 3. The van der Waals surface area contributed by atoms with Crippen molar-refractivity contribution in [3.63, 3.8) is 0 Å². The van der Waals surface area contributed by atoms with E-state index >= 15 is 0 Å². The third kappa shape index (κ3) is 4.13. The first-order chi connectivity index (χ1) is 14.1. The predicted molar refractivity (Wildman–Crippen MR) is 112 cm³/mol. The molecule has 0 atom stereocenters. The van der Waals surface area contributed by atoms with E-state index in [2.05, 4.69) is 32.6 Å². The number of H-pyrrole nitrogens is 1. The summed E-state index contributed by atoms with van der Waals surface area (Å²) in [6.45, 7) is 1.53. The van der Waals surface area contributed by atoms with Gasteiger partial charge in [0.1, 0.15) is 11.5 Å². The largest absolute Gasteiger partial charge is 0.357 e. The topological polar surface area (TPSA) is 91.8 Å². The maximum Gasteiger partial charge on any atom is 0.270 e. The highest BCUT2D eigenvalue weighted by atomic mass is 16.2. The second kappa shape index (κ2) is 8.17. The summed E-state index contributed by atoms with van der Waals surface area (Å²) in [4.78, 5) is 32.4. The zero-order valence-electron chi connectivity index (χ0n) is 15.9. The number of carbonyl (C=O) groups is 1. The van der Waals surface area contributed by atoms with Crippen LogP contribution < -0.4 is 16.2 Å². The molecule has 1 amide bonds. The number of fused-ring (bicyclic) bond motifs is 2. The van der Waals surface area contributed by atoms with Gasteiger partial charge in [0.2, 0.25) is 0 Å². The lowest BCUT2D eigenvalue weighted by molar-refractivity contribution is 0.0945. The normalized spacial score (nSPS) is 12.5. The third-order valence-electron chi connectivity index (χ3n) is 4.79. The van der Waals surface area contributed by atoms with Crippen LogP contribution in [-0.2, 0) is 19.5 Å². The molecule has 1 aliphatic heterocycles. The van der Waals surface area contributed by atoms with Crippen molar-refractivity contribution in [1.29, 1.82) is 0 Å². The van der Waals surface area contributed by atoms with Crippen LogP contribution in [0.15, 0.2) is 41.2 Å². The highest BCUT2D eigenvalue weighted by Crippen LogP contribution is 2.17. The highest BCUT2D eigenvalue weighted by Gasteiger charge is 2.14. The van der Waals surface area contributed by atoms with Gasteiger partial charge in [0.15, 0.2) is 0 Å². The van der Waals surface area contributed by atoms with Crippen molar-refractivity contribution in [2.45, 2.75) is 25.9 Å². The Hall–Kier alpha value is -3.63. The molecule has 0 saturated heterocycles. The van der Waals surface area contributed by atoms with Crippen LogP contribution in [0.2, 0.25) is 0 Å². The third-order valence-corrected chi connectivity index (χ3v) is 4.79. The van der Waals surface area contributed by atoms with Gasteiger partial charge in [-0.3, -0.25) is 14.2 Å². The fourth-order valence-corrected chi connectivity index (χ4v) is 3.37. The highest BCUT2D eigenvalue weighted by molar-refractivity contribution is 5.92. The summed E-state index contributed by atoms with van der Waals surface area (Å²) < 4.78 is 1.48. The maximum absolute atomic E-state index is 12.5. The summed E-state index contributed by atoms with van der Waals surface area (Å²) in [5.74, 6) is 2.81. The summed E-state index contributed by atoms with van der Waals surface area (Å²) in [5.41, 5.74) is 2.90. The monoisotopic (exact) mass is 387 g/mol. The average Bonchev–Trinajstić information content (AvgIpc) is 3.14. The number of hydrogen-bond donors (Lipinski definition) is 3. The molecule has 3 N–H and O–H groups in total. The first-order valence-electron chi connectivity index (χ1n) is 9.46. The van der Waals surface area contributed by atoms with Gasteiger partial charge in [0.25, 0.3) is 11.5 Å². The minimum atomic E-state index is -0.356. The zero-order chi connectivity index (χ0) is 20.2. The summed E-state index contributed by atoms with van der Waals surface area (Å²) in [5, 5.41) is 7.09. The van der Waals surface area contributed by atoms with Gasteiger partial charge in [-0.2, -0.15) is 0 Å². The Morgan fingerprint density at radius 1 is 1.28 bits per heavy atom. The van der Waals surface area contributed by atoms with E-state index in [1.165, 1.54) is 10.6 Å². The predicted octanol–water partition coefficient (Wildman–Crippen LogP) is 1.79. The average molecular weight is 387 g/mol. The first kappa shape index (κ1) is 18.7. The quantitative estimate of drug-likeness (QED) is 0.444. The van der Waals surface area contributed by atoms with Crippen LogP contribution >= 0.6 is 0 Å². The number of amides is 1. The van der Waals surface area contributed by atoms with Crippen LogP contribution in [0.5, 0.6) is 0 Å². The van der Waals surface area contributed by atoms with Crippen molar-refractivity contribution in [3.05, 3.63) is 69.5 Å². The van der Waals surface area contributed by atoms with Crippen LogP contribution in [0.25, 0.3) is 17.1 Å². The van der Waals surface area contributed by atoms with Crippen molar-refractivity contribution in [2.24, 2.45) is 0 Å². The van der Waals surface area contributed by atoms with Crippen molar-refractivity contribution in [2.75, 3.05) is 6.54 Å². The number of aryl methyl sites for hydroxylation is 1. The van der Waals surface area contributed by atoms with E-state index in [1.807, 2.05) is 24.3 Å². The van der Waals surface area contributed by atoms with Crippen molar-refractivity contribution < 1.29 is 4.79 Å². The van der Waals surface area contributed by atoms with E-state index in [1.54, 1.807) is 6.20 Å². The van der Waals surface area contributed by atoms with E-state index < -0.39 is 0 Å². The number of allylic oxidation sites excluding steroid dienone is 1. The van der Waals surface area contributed by atoms with Gasteiger partial charge in [-0.05, 0) is 29.5 Å². The van der Waals surface area contributed by atoms with Crippen molar-refractivity contribution in [1.82, 2.24) is 25.2 Å². The summed E-state index contributed by atoms with van der Waals surface area (Å²) in [6.07, 6.45) is 10.3. The van der Waals surface area contributed by atoms with Crippen LogP contribution in [0.1, 0.15) is 34.0 Å². The molecule has 4 rings (SSSR count). The number of aromatic amines is 1. The fourth-order valence-electron chi connectivity index (χ4n) is 3.37. The molecule has 1 aromatic carbocycles. The van der Waals surface area contributed by atoms with Crippen LogP contribution in [0.4, 0.5) is 0 Å². The van der Waals surface area contributed by atoms with E-state index in [9.17, 15) is 9.59 Å². The van der Waals surface area contributed by atoms with Crippen molar-refractivity contribution in [3.8, 4) is 12.3 Å². The lowest BCUT2D eigenvalue weighted by atomic mass is 10.1. The molecule has 0 radical (unpaired) electrons. The molecule has 146 valence electrons. The summed E-state index contributed by atoms with van der Waals surface area (Å²) in [6, 6.07) is 9.32. The van der Waals surface area contributed by atoms with Gasteiger partial charge >= 0.3 is 0 Å². The lowest BCUT2D eigenvalue weighted by Gasteiger charge is -2.12. The molecule has 2 aromatic heterocycles.